The molecule has 1 aliphatic heterocycles. The van der Waals surface area contributed by atoms with Crippen molar-refractivity contribution < 1.29 is 0 Å². The van der Waals surface area contributed by atoms with Gasteiger partial charge in [0.2, 0.25) is 0 Å². The van der Waals surface area contributed by atoms with Gasteiger partial charge in [-0.05, 0) is 25.8 Å². The van der Waals surface area contributed by atoms with Crippen LogP contribution in [0.15, 0.2) is 6.33 Å². The molecular formula is C11H18N4. The second-order valence-electron chi connectivity index (χ2n) is 4.72. The smallest absolute Gasteiger partial charge is 0.136 e. The number of hydrogen-bond donors (Lipinski definition) is 1. The summed E-state index contributed by atoms with van der Waals surface area (Å²) in [6, 6.07) is 0.593. The highest BCUT2D eigenvalue weighted by Gasteiger charge is 2.26. The SMILES string of the molecule is c1nnc(C2CCCC2)n1C1CCNC1. The summed E-state index contributed by atoms with van der Waals surface area (Å²) in [6.07, 6.45) is 8.47. The Bertz CT molecular complexity index is 291. The summed E-state index contributed by atoms with van der Waals surface area (Å²) in [6.45, 7) is 2.21. The molecule has 4 nitrogen and oxygen atoms in total. The molecule has 0 amide bonds. The summed E-state index contributed by atoms with van der Waals surface area (Å²) in [7, 11) is 0. The second kappa shape index (κ2) is 3.93. The van der Waals surface area contributed by atoms with Crippen LogP contribution in [0.3, 0.4) is 0 Å². The normalized spacial score (nSPS) is 27.6. The van der Waals surface area contributed by atoms with Crippen molar-refractivity contribution >= 4 is 0 Å². The van der Waals surface area contributed by atoms with Crippen LogP contribution in [0.2, 0.25) is 0 Å². The summed E-state index contributed by atoms with van der Waals surface area (Å²) >= 11 is 0. The fourth-order valence-corrected chi connectivity index (χ4v) is 2.89. The first-order valence-electron chi connectivity index (χ1n) is 6.05. The Labute approximate surface area is 90.1 Å². The summed E-state index contributed by atoms with van der Waals surface area (Å²) in [5.74, 6) is 1.91. The van der Waals surface area contributed by atoms with Gasteiger partial charge >= 0.3 is 0 Å². The molecule has 1 unspecified atom stereocenters. The van der Waals surface area contributed by atoms with E-state index in [1.165, 1.54) is 37.9 Å². The van der Waals surface area contributed by atoms with Gasteiger partial charge < -0.3 is 9.88 Å². The highest BCUT2D eigenvalue weighted by molar-refractivity contribution is 5.01. The first kappa shape index (κ1) is 9.33. The Hall–Kier alpha value is -0.900. The number of nitrogens with one attached hydrogen (secondary N) is 1. The Morgan fingerprint density at radius 3 is 2.87 bits per heavy atom. The largest absolute Gasteiger partial charge is 0.315 e. The Balaban J connectivity index is 1.84. The summed E-state index contributed by atoms with van der Waals surface area (Å²) < 4.78 is 2.32. The second-order valence-corrected chi connectivity index (χ2v) is 4.72. The number of nitrogens with zero attached hydrogens (tertiary/aromatic N) is 3. The summed E-state index contributed by atoms with van der Waals surface area (Å²) in [5, 5.41) is 11.8. The van der Waals surface area contributed by atoms with Gasteiger partial charge in [-0.15, -0.1) is 10.2 Å². The van der Waals surface area contributed by atoms with Crippen LogP contribution in [0.25, 0.3) is 0 Å². The topological polar surface area (TPSA) is 42.7 Å². The molecule has 1 atom stereocenters. The van der Waals surface area contributed by atoms with Crippen LogP contribution in [-0.4, -0.2) is 27.9 Å². The molecule has 2 heterocycles. The van der Waals surface area contributed by atoms with E-state index in [1.807, 2.05) is 6.33 Å². The quantitative estimate of drug-likeness (QED) is 0.796. The predicted molar refractivity (Wildman–Crippen MR) is 57.8 cm³/mol. The molecule has 1 saturated carbocycles. The average molecular weight is 206 g/mol. The Kier molecular flexibility index (Phi) is 2.44. The third-order valence-electron chi connectivity index (χ3n) is 3.75. The highest BCUT2D eigenvalue weighted by Crippen LogP contribution is 2.34. The van der Waals surface area contributed by atoms with Crippen LogP contribution in [-0.2, 0) is 0 Å². The van der Waals surface area contributed by atoms with Crippen LogP contribution in [0.5, 0.6) is 0 Å². The Morgan fingerprint density at radius 2 is 2.13 bits per heavy atom. The fourth-order valence-electron chi connectivity index (χ4n) is 2.89. The average Bonchev–Trinajstić information content (AvgIpc) is 3.01. The van der Waals surface area contributed by atoms with Crippen LogP contribution in [0.4, 0.5) is 0 Å². The van der Waals surface area contributed by atoms with Crippen molar-refractivity contribution in [1.29, 1.82) is 0 Å². The maximum absolute atomic E-state index is 4.33. The van der Waals surface area contributed by atoms with Gasteiger partial charge in [0.15, 0.2) is 0 Å². The van der Waals surface area contributed by atoms with Crippen molar-refractivity contribution in [1.82, 2.24) is 20.1 Å². The van der Waals surface area contributed by atoms with Gasteiger partial charge in [-0.3, -0.25) is 0 Å². The zero-order valence-corrected chi connectivity index (χ0v) is 9.02. The van der Waals surface area contributed by atoms with Crippen molar-refractivity contribution in [2.24, 2.45) is 0 Å². The maximum atomic E-state index is 4.33. The molecular weight excluding hydrogens is 188 g/mol. The van der Waals surface area contributed by atoms with Gasteiger partial charge in [-0.1, -0.05) is 12.8 Å². The molecule has 1 aromatic heterocycles. The molecule has 1 aliphatic carbocycles. The number of rotatable bonds is 2. The first-order valence-corrected chi connectivity index (χ1v) is 6.05. The van der Waals surface area contributed by atoms with Gasteiger partial charge in [0.25, 0.3) is 0 Å². The van der Waals surface area contributed by atoms with E-state index in [-0.39, 0.29) is 0 Å². The van der Waals surface area contributed by atoms with E-state index in [4.69, 9.17) is 0 Å². The van der Waals surface area contributed by atoms with Crippen molar-refractivity contribution in [3.63, 3.8) is 0 Å². The minimum Gasteiger partial charge on any atom is -0.315 e. The molecule has 1 aromatic rings. The number of hydrogen-bond acceptors (Lipinski definition) is 3. The maximum Gasteiger partial charge on any atom is 0.136 e. The van der Waals surface area contributed by atoms with E-state index >= 15 is 0 Å². The van der Waals surface area contributed by atoms with Crippen LogP contribution in [0, 0.1) is 0 Å². The van der Waals surface area contributed by atoms with Crippen molar-refractivity contribution in [2.75, 3.05) is 13.1 Å². The fraction of sp³-hybridized carbons (Fsp3) is 0.818. The molecule has 0 aromatic carbocycles. The van der Waals surface area contributed by atoms with E-state index in [1.54, 1.807) is 0 Å². The van der Waals surface area contributed by atoms with Crippen molar-refractivity contribution in [3.05, 3.63) is 12.2 Å². The standard InChI is InChI=1S/C11H18N4/c1-2-4-9(3-1)11-14-13-8-15(11)10-5-6-12-7-10/h8-10,12H,1-7H2. The van der Waals surface area contributed by atoms with Gasteiger partial charge in [0.1, 0.15) is 12.2 Å². The van der Waals surface area contributed by atoms with Gasteiger partial charge in [0, 0.05) is 18.5 Å². The van der Waals surface area contributed by atoms with E-state index in [2.05, 4.69) is 20.1 Å². The molecule has 4 heteroatoms. The molecule has 1 saturated heterocycles. The predicted octanol–water partition coefficient (Wildman–Crippen LogP) is 1.47. The third-order valence-corrected chi connectivity index (χ3v) is 3.75. The number of aromatic nitrogens is 3. The van der Waals surface area contributed by atoms with Crippen LogP contribution < -0.4 is 5.32 Å². The molecule has 82 valence electrons. The lowest BCUT2D eigenvalue weighted by Gasteiger charge is -2.16. The van der Waals surface area contributed by atoms with Crippen molar-refractivity contribution in [3.8, 4) is 0 Å². The zero-order valence-electron chi connectivity index (χ0n) is 9.02. The first-order chi connectivity index (χ1) is 7.45. The molecule has 2 fully saturated rings. The minimum atomic E-state index is 0.593. The van der Waals surface area contributed by atoms with Crippen LogP contribution in [0.1, 0.15) is 49.9 Å². The van der Waals surface area contributed by atoms with Gasteiger partial charge in [-0.2, -0.15) is 0 Å². The van der Waals surface area contributed by atoms with Crippen LogP contribution >= 0.6 is 0 Å². The van der Waals surface area contributed by atoms with E-state index in [0.29, 0.717) is 12.0 Å². The van der Waals surface area contributed by atoms with E-state index < -0.39 is 0 Å². The van der Waals surface area contributed by atoms with Crippen molar-refractivity contribution in [2.45, 2.75) is 44.1 Å². The zero-order chi connectivity index (χ0) is 10.1. The molecule has 0 radical (unpaired) electrons. The van der Waals surface area contributed by atoms with E-state index in [9.17, 15) is 0 Å². The monoisotopic (exact) mass is 206 g/mol. The Morgan fingerprint density at radius 1 is 1.27 bits per heavy atom. The molecule has 1 N–H and O–H groups in total. The molecule has 0 bridgehead atoms. The van der Waals surface area contributed by atoms with Gasteiger partial charge in [0.05, 0.1) is 0 Å². The molecule has 0 spiro atoms. The highest BCUT2D eigenvalue weighted by atomic mass is 15.3. The lowest BCUT2D eigenvalue weighted by Crippen LogP contribution is -2.16. The van der Waals surface area contributed by atoms with E-state index in [0.717, 1.165) is 13.1 Å². The third kappa shape index (κ3) is 1.67. The molecule has 3 rings (SSSR count). The lowest BCUT2D eigenvalue weighted by molar-refractivity contribution is 0.495. The summed E-state index contributed by atoms with van der Waals surface area (Å²) in [5.41, 5.74) is 0. The summed E-state index contributed by atoms with van der Waals surface area (Å²) in [4.78, 5) is 0. The lowest BCUT2D eigenvalue weighted by atomic mass is 10.1. The minimum absolute atomic E-state index is 0.593. The van der Waals surface area contributed by atoms with Gasteiger partial charge in [-0.25, -0.2) is 0 Å². The molecule has 15 heavy (non-hydrogen) atoms. The molecule has 2 aliphatic rings.